The number of thiazole rings is 1. The molecule has 0 bridgehead atoms. The van der Waals surface area contributed by atoms with Gasteiger partial charge in [-0.2, -0.15) is 0 Å². The van der Waals surface area contributed by atoms with Gasteiger partial charge < -0.3 is 10.4 Å². The van der Waals surface area contributed by atoms with Crippen molar-refractivity contribution < 1.29 is 5.11 Å². The first-order valence-corrected chi connectivity index (χ1v) is 8.30. The fourth-order valence-electron chi connectivity index (χ4n) is 3.06. The Labute approximate surface area is 120 Å². The largest absolute Gasteiger partial charge is 0.396 e. The molecule has 2 N–H and O–H groups in total. The maximum atomic E-state index is 9.49. The quantitative estimate of drug-likeness (QED) is 0.871. The van der Waals surface area contributed by atoms with E-state index >= 15 is 0 Å². The molecule has 3 atom stereocenters. The third-order valence-corrected chi connectivity index (χ3v) is 5.66. The number of rotatable bonds is 5. The van der Waals surface area contributed by atoms with Crippen LogP contribution in [0.3, 0.4) is 0 Å². The van der Waals surface area contributed by atoms with Crippen molar-refractivity contribution in [3.8, 4) is 0 Å². The van der Waals surface area contributed by atoms with E-state index in [1.807, 2.05) is 11.3 Å². The van der Waals surface area contributed by atoms with E-state index in [0.29, 0.717) is 24.6 Å². The van der Waals surface area contributed by atoms with Gasteiger partial charge in [0.05, 0.1) is 10.7 Å². The van der Waals surface area contributed by atoms with Gasteiger partial charge in [0.15, 0.2) is 0 Å². The Balaban J connectivity index is 2.02. The second kappa shape index (κ2) is 6.82. The van der Waals surface area contributed by atoms with Gasteiger partial charge in [0.2, 0.25) is 0 Å². The predicted molar refractivity (Wildman–Crippen MR) is 80.6 cm³/mol. The lowest BCUT2D eigenvalue weighted by molar-refractivity contribution is 0.147. The maximum Gasteiger partial charge on any atom is 0.0928 e. The van der Waals surface area contributed by atoms with E-state index in [2.05, 4.69) is 31.1 Å². The number of hydrogen-bond donors (Lipinski definition) is 2. The van der Waals surface area contributed by atoms with Gasteiger partial charge in [-0.3, -0.25) is 0 Å². The van der Waals surface area contributed by atoms with Gasteiger partial charge in [0.25, 0.3) is 0 Å². The van der Waals surface area contributed by atoms with Crippen molar-refractivity contribution in [2.75, 3.05) is 6.61 Å². The first-order valence-electron chi connectivity index (χ1n) is 7.48. The molecule has 2 rings (SSSR count). The molecule has 0 aliphatic heterocycles. The summed E-state index contributed by atoms with van der Waals surface area (Å²) in [4.78, 5) is 5.97. The number of aliphatic hydroxyl groups is 1. The highest BCUT2D eigenvalue weighted by atomic mass is 32.1. The molecule has 4 heteroatoms. The summed E-state index contributed by atoms with van der Waals surface area (Å²) in [6.07, 6.45) is 5.90. The zero-order valence-corrected chi connectivity index (χ0v) is 13.1. The lowest BCUT2D eigenvalue weighted by atomic mass is 9.84. The fraction of sp³-hybridized carbons (Fsp3) is 0.800. The summed E-state index contributed by atoms with van der Waals surface area (Å²) < 4.78 is 0. The number of aryl methyl sites for hydroxylation is 2. The minimum Gasteiger partial charge on any atom is -0.396 e. The van der Waals surface area contributed by atoms with Gasteiger partial charge in [0.1, 0.15) is 0 Å². The monoisotopic (exact) mass is 282 g/mol. The van der Waals surface area contributed by atoms with Crippen LogP contribution in [-0.4, -0.2) is 22.7 Å². The van der Waals surface area contributed by atoms with E-state index in [-0.39, 0.29) is 0 Å². The average Bonchev–Trinajstić information content (AvgIpc) is 2.80. The van der Waals surface area contributed by atoms with Gasteiger partial charge in [-0.15, -0.1) is 11.3 Å². The smallest absolute Gasteiger partial charge is 0.0928 e. The Kier molecular flexibility index (Phi) is 5.37. The zero-order chi connectivity index (χ0) is 13.8. The highest BCUT2D eigenvalue weighted by Gasteiger charge is 2.26. The molecule has 1 aromatic heterocycles. The molecule has 3 nitrogen and oxygen atoms in total. The topological polar surface area (TPSA) is 45.2 Å². The van der Waals surface area contributed by atoms with Gasteiger partial charge >= 0.3 is 0 Å². The van der Waals surface area contributed by atoms with E-state index < -0.39 is 0 Å². The molecule has 0 saturated heterocycles. The summed E-state index contributed by atoms with van der Waals surface area (Å²) in [6, 6.07) is 0.801. The summed E-state index contributed by atoms with van der Waals surface area (Å²) in [5, 5.41) is 14.4. The van der Waals surface area contributed by atoms with E-state index in [0.717, 1.165) is 12.8 Å². The normalized spacial score (nSPS) is 25.5. The Morgan fingerprint density at radius 3 is 2.79 bits per heavy atom. The van der Waals surface area contributed by atoms with Crippen molar-refractivity contribution in [3.63, 3.8) is 0 Å². The van der Waals surface area contributed by atoms with Crippen LogP contribution in [0.4, 0.5) is 0 Å². The van der Waals surface area contributed by atoms with Crippen LogP contribution in [0.1, 0.15) is 61.2 Å². The number of aliphatic hydroxyl groups excluding tert-OH is 1. The molecule has 3 unspecified atom stereocenters. The average molecular weight is 282 g/mol. The highest BCUT2D eigenvalue weighted by Crippen LogP contribution is 2.29. The SMILES string of the molecule is CCc1nc(C)c(C(C)NC2CCCCC2CO)s1. The molecule has 1 saturated carbocycles. The number of hydrogen-bond acceptors (Lipinski definition) is 4. The molecule has 1 aliphatic carbocycles. The summed E-state index contributed by atoms with van der Waals surface area (Å²) >= 11 is 1.83. The molecule has 1 heterocycles. The first kappa shape index (κ1) is 14.9. The van der Waals surface area contributed by atoms with Gasteiger partial charge in [-0.1, -0.05) is 19.8 Å². The highest BCUT2D eigenvalue weighted by molar-refractivity contribution is 7.11. The standard InChI is InChI=1S/C15H26N2OS/c1-4-14-17-11(3)15(19-14)10(2)16-13-8-6-5-7-12(13)9-18/h10,12-13,16,18H,4-9H2,1-3H3. The summed E-state index contributed by atoms with van der Waals surface area (Å²) in [7, 11) is 0. The van der Waals surface area contributed by atoms with E-state index in [9.17, 15) is 5.11 Å². The summed E-state index contributed by atoms with van der Waals surface area (Å²) in [5.41, 5.74) is 1.17. The summed E-state index contributed by atoms with van der Waals surface area (Å²) in [5.74, 6) is 0.426. The molecule has 108 valence electrons. The minimum atomic E-state index is 0.312. The van der Waals surface area contributed by atoms with Crippen LogP contribution in [-0.2, 0) is 6.42 Å². The van der Waals surface area contributed by atoms with E-state index in [1.54, 1.807) is 0 Å². The van der Waals surface area contributed by atoms with Crippen LogP contribution in [0.5, 0.6) is 0 Å². The summed E-state index contributed by atoms with van der Waals surface area (Å²) in [6.45, 7) is 6.80. The van der Waals surface area contributed by atoms with Crippen molar-refractivity contribution in [1.29, 1.82) is 0 Å². The van der Waals surface area contributed by atoms with Crippen LogP contribution < -0.4 is 5.32 Å². The molecular formula is C15H26N2OS. The maximum absolute atomic E-state index is 9.49. The molecule has 1 aromatic rings. The molecule has 0 amide bonds. The third kappa shape index (κ3) is 3.56. The third-order valence-electron chi connectivity index (χ3n) is 4.18. The van der Waals surface area contributed by atoms with Crippen molar-refractivity contribution in [1.82, 2.24) is 10.3 Å². The Morgan fingerprint density at radius 1 is 1.42 bits per heavy atom. The van der Waals surface area contributed by atoms with Crippen LogP contribution in [0.25, 0.3) is 0 Å². The molecule has 0 aromatic carbocycles. The van der Waals surface area contributed by atoms with Gasteiger partial charge in [-0.25, -0.2) is 4.98 Å². The molecule has 1 aliphatic rings. The lowest BCUT2D eigenvalue weighted by Gasteiger charge is -2.33. The molecular weight excluding hydrogens is 256 g/mol. The Bertz CT molecular complexity index is 405. The van der Waals surface area contributed by atoms with Crippen molar-refractivity contribution in [2.45, 2.75) is 65.0 Å². The number of aromatic nitrogens is 1. The second-order valence-electron chi connectivity index (χ2n) is 5.63. The van der Waals surface area contributed by atoms with E-state index in [4.69, 9.17) is 0 Å². The lowest BCUT2D eigenvalue weighted by Crippen LogP contribution is -2.41. The zero-order valence-electron chi connectivity index (χ0n) is 12.3. The molecule has 0 radical (unpaired) electrons. The Morgan fingerprint density at radius 2 is 2.16 bits per heavy atom. The van der Waals surface area contributed by atoms with Crippen LogP contribution >= 0.6 is 11.3 Å². The molecule has 1 fully saturated rings. The minimum absolute atomic E-state index is 0.312. The fourth-order valence-corrected chi connectivity index (χ4v) is 4.08. The predicted octanol–water partition coefficient (Wildman–Crippen LogP) is 3.22. The van der Waals surface area contributed by atoms with Gasteiger partial charge in [0, 0.05) is 23.6 Å². The second-order valence-corrected chi connectivity index (χ2v) is 6.75. The van der Waals surface area contributed by atoms with Crippen molar-refractivity contribution >= 4 is 11.3 Å². The van der Waals surface area contributed by atoms with Gasteiger partial charge in [-0.05, 0) is 39.0 Å². The number of nitrogens with one attached hydrogen (secondary N) is 1. The van der Waals surface area contributed by atoms with Crippen LogP contribution in [0, 0.1) is 12.8 Å². The van der Waals surface area contributed by atoms with Crippen molar-refractivity contribution in [2.24, 2.45) is 5.92 Å². The van der Waals surface area contributed by atoms with Crippen molar-refractivity contribution in [3.05, 3.63) is 15.6 Å². The van der Waals surface area contributed by atoms with Crippen LogP contribution in [0.2, 0.25) is 0 Å². The molecule has 19 heavy (non-hydrogen) atoms. The van der Waals surface area contributed by atoms with Crippen LogP contribution in [0.15, 0.2) is 0 Å². The first-order chi connectivity index (χ1) is 9.15. The Hall–Kier alpha value is -0.450. The molecule has 0 spiro atoms. The van der Waals surface area contributed by atoms with E-state index in [1.165, 1.54) is 34.8 Å². The number of nitrogens with zero attached hydrogens (tertiary/aromatic N) is 1.